The fourth-order valence-electron chi connectivity index (χ4n) is 4.93. The normalized spacial score (nSPS) is 15.1. The van der Waals surface area contributed by atoms with Crippen LogP contribution in [0.2, 0.25) is 0 Å². The van der Waals surface area contributed by atoms with Crippen LogP contribution in [0.1, 0.15) is 37.8 Å². The van der Waals surface area contributed by atoms with E-state index >= 15 is 0 Å². The van der Waals surface area contributed by atoms with Crippen molar-refractivity contribution in [3.8, 4) is 11.5 Å². The lowest BCUT2D eigenvalue weighted by Crippen LogP contribution is -2.39. The minimum Gasteiger partial charge on any atom is -0.495 e. The Kier molecular flexibility index (Phi) is 10.6. The Bertz CT molecular complexity index is 1540. The van der Waals surface area contributed by atoms with Crippen LogP contribution in [0.4, 0.5) is 29.3 Å². The van der Waals surface area contributed by atoms with Gasteiger partial charge in [-0.05, 0) is 63.1 Å². The number of hydrogen-bond acceptors (Lipinski definition) is 7. The van der Waals surface area contributed by atoms with Crippen LogP contribution < -0.4 is 19.1 Å². The van der Waals surface area contributed by atoms with Gasteiger partial charge < -0.3 is 28.8 Å². The van der Waals surface area contributed by atoms with Crippen molar-refractivity contribution < 1.29 is 40.0 Å². The van der Waals surface area contributed by atoms with E-state index in [-0.39, 0.29) is 24.9 Å². The standard InChI is InChI=1S/C31H36F3N3O6S/c1-4-36(5-2)24-16-15-22(29(19-24)43-44(39,40)26-12-8-10-23(18-26)31(32,33)34)20-37(21-25-11-9-17-42-25)30(38)35-27-13-6-7-14-28(27)41-3/h6-8,10,12-16,18-19,25H,4-5,9,11,17,20-21H2,1-3H3,(H,35,38)/t25-/m1/s1. The van der Waals surface area contributed by atoms with Gasteiger partial charge in [0, 0.05) is 43.6 Å². The molecule has 238 valence electrons. The highest BCUT2D eigenvalue weighted by atomic mass is 32.2. The molecule has 1 heterocycles. The van der Waals surface area contributed by atoms with Crippen LogP contribution in [-0.2, 0) is 27.6 Å². The van der Waals surface area contributed by atoms with Crippen LogP contribution in [0.15, 0.2) is 71.6 Å². The predicted octanol–water partition coefficient (Wildman–Crippen LogP) is 6.54. The summed E-state index contributed by atoms with van der Waals surface area (Å²) in [6, 6.07) is 14.8. The molecule has 9 nitrogen and oxygen atoms in total. The number of rotatable bonds is 12. The lowest BCUT2D eigenvalue weighted by Gasteiger charge is -2.28. The molecule has 1 fully saturated rings. The second-order valence-electron chi connectivity index (χ2n) is 10.2. The van der Waals surface area contributed by atoms with Gasteiger partial charge in [0.25, 0.3) is 0 Å². The summed E-state index contributed by atoms with van der Waals surface area (Å²) in [6.45, 7) is 5.79. The van der Waals surface area contributed by atoms with Crippen molar-refractivity contribution in [2.75, 3.05) is 43.6 Å². The average Bonchev–Trinajstić information content (AvgIpc) is 3.51. The Morgan fingerprint density at radius 2 is 1.77 bits per heavy atom. The second-order valence-corrected chi connectivity index (χ2v) is 11.7. The average molecular weight is 636 g/mol. The molecule has 1 aliphatic heterocycles. The third-order valence-corrected chi connectivity index (χ3v) is 8.50. The number of hydrogen-bond donors (Lipinski definition) is 1. The number of nitrogens with one attached hydrogen (secondary N) is 1. The lowest BCUT2D eigenvalue weighted by atomic mass is 10.1. The summed E-state index contributed by atoms with van der Waals surface area (Å²) in [5.41, 5.74) is 0.314. The summed E-state index contributed by atoms with van der Waals surface area (Å²) >= 11 is 0. The molecule has 0 spiro atoms. The summed E-state index contributed by atoms with van der Waals surface area (Å²) in [5.74, 6) is 0.354. The van der Waals surface area contributed by atoms with Gasteiger partial charge in [-0.15, -0.1) is 0 Å². The summed E-state index contributed by atoms with van der Waals surface area (Å²) in [4.78, 5) is 16.4. The zero-order valence-corrected chi connectivity index (χ0v) is 25.6. The molecule has 1 atom stereocenters. The van der Waals surface area contributed by atoms with Crippen molar-refractivity contribution in [2.24, 2.45) is 0 Å². The summed E-state index contributed by atoms with van der Waals surface area (Å²) < 4.78 is 83.4. The lowest BCUT2D eigenvalue weighted by molar-refractivity contribution is -0.137. The molecule has 1 aliphatic rings. The van der Waals surface area contributed by atoms with Gasteiger partial charge in [-0.25, -0.2) is 4.79 Å². The number of para-hydroxylation sites is 2. The maximum absolute atomic E-state index is 13.6. The van der Waals surface area contributed by atoms with E-state index in [1.54, 1.807) is 36.4 Å². The van der Waals surface area contributed by atoms with E-state index in [1.807, 2.05) is 18.7 Å². The van der Waals surface area contributed by atoms with E-state index < -0.39 is 32.8 Å². The molecule has 0 unspecified atom stereocenters. The highest BCUT2D eigenvalue weighted by Gasteiger charge is 2.32. The van der Waals surface area contributed by atoms with Gasteiger partial charge in [0.2, 0.25) is 0 Å². The van der Waals surface area contributed by atoms with Gasteiger partial charge >= 0.3 is 22.3 Å². The van der Waals surface area contributed by atoms with E-state index in [1.165, 1.54) is 18.1 Å². The Morgan fingerprint density at radius 1 is 1.02 bits per heavy atom. The van der Waals surface area contributed by atoms with Gasteiger partial charge in [0.15, 0.2) is 0 Å². The van der Waals surface area contributed by atoms with Crippen LogP contribution in [0, 0.1) is 0 Å². The molecule has 13 heteroatoms. The monoisotopic (exact) mass is 635 g/mol. The number of benzene rings is 3. The SMILES string of the molecule is CCN(CC)c1ccc(CN(C[C@H]2CCCO2)C(=O)Nc2ccccc2OC)c(OS(=O)(=O)c2cccc(C(F)(F)F)c2)c1. The van der Waals surface area contributed by atoms with Crippen LogP contribution >= 0.6 is 0 Å². The molecule has 3 aromatic rings. The van der Waals surface area contributed by atoms with E-state index in [0.717, 1.165) is 31.0 Å². The molecule has 3 aromatic carbocycles. The van der Waals surface area contributed by atoms with E-state index in [2.05, 4.69) is 5.32 Å². The maximum Gasteiger partial charge on any atom is 0.416 e. The smallest absolute Gasteiger partial charge is 0.416 e. The van der Waals surface area contributed by atoms with Crippen molar-refractivity contribution in [2.45, 2.75) is 50.4 Å². The Morgan fingerprint density at radius 3 is 2.43 bits per heavy atom. The number of ether oxygens (including phenoxy) is 2. The minimum atomic E-state index is -4.74. The van der Waals surface area contributed by atoms with Crippen LogP contribution in [0.25, 0.3) is 0 Å². The van der Waals surface area contributed by atoms with Gasteiger partial charge in [0.1, 0.15) is 16.4 Å². The molecule has 0 aromatic heterocycles. The number of amides is 2. The van der Waals surface area contributed by atoms with E-state index in [4.69, 9.17) is 13.7 Å². The topological polar surface area (TPSA) is 97.4 Å². The van der Waals surface area contributed by atoms with Crippen LogP contribution in [0.5, 0.6) is 11.5 Å². The fourth-order valence-corrected chi connectivity index (χ4v) is 5.94. The number of anilines is 2. The number of halogens is 3. The molecular weight excluding hydrogens is 599 g/mol. The van der Waals surface area contributed by atoms with Crippen LogP contribution in [0.3, 0.4) is 0 Å². The zero-order valence-electron chi connectivity index (χ0n) is 24.8. The summed E-state index contributed by atoms with van der Waals surface area (Å²) in [5, 5.41) is 2.85. The highest BCUT2D eigenvalue weighted by molar-refractivity contribution is 7.87. The predicted molar refractivity (Wildman–Crippen MR) is 161 cm³/mol. The maximum atomic E-state index is 13.6. The van der Waals surface area contributed by atoms with Crippen molar-refractivity contribution in [3.05, 3.63) is 77.9 Å². The quantitative estimate of drug-likeness (QED) is 0.226. The molecular formula is C31H36F3N3O6S. The van der Waals surface area contributed by atoms with Crippen molar-refractivity contribution in [1.82, 2.24) is 4.90 Å². The molecule has 1 saturated heterocycles. The number of carbonyl (C=O) groups excluding carboxylic acids is 1. The van der Waals surface area contributed by atoms with Crippen molar-refractivity contribution in [1.29, 1.82) is 0 Å². The second kappa shape index (κ2) is 14.2. The number of urea groups is 1. The Balaban J connectivity index is 1.71. The molecule has 0 aliphatic carbocycles. The first-order chi connectivity index (χ1) is 20.9. The van der Waals surface area contributed by atoms with Crippen molar-refractivity contribution in [3.63, 3.8) is 0 Å². The molecule has 0 saturated carbocycles. The first kappa shape index (κ1) is 32.9. The van der Waals surface area contributed by atoms with Gasteiger partial charge in [-0.1, -0.05) is 24.3 Å². The molecule has 4 rings (SSSR count). The highest BCUT2D eigenvalue weighted by Crippen LogP contribution is 2.34. The fraction of sp³-hybridized carbons (Fsp3) is 0.387. The number of nitrogens with zero attached hydrogens (tertiary/aromatic N) is 2. The molecule has 1 N–H and O–H groups in total. The van der Waals surface area contributed by atoms with E-state index in [9.17, 15) is 26.4 Å². The first-order valence-electron chi connectivity index (χ1n) is 14.2. The molecule has 44 heavy (non-hydrogen) atoms. The van der Waals surface area contributed by atoms with Gasteiger partial charge in [0.05, 0.1) is 31.0 Å². The number of carbonyl (C=O) groups is 1. The minimum absolute atomic E-state index is 0.0766. The number of methoxy groups -OCH3 is 1. The molecule has 2 amide bonds. The van der Waals surface area contributed by atoms with Gasteiger partial charge in [-0.3, -0.25) is 0 Å². The molecule has 0 bridgehead atoms. The summed E-state index contributed by atoms with van der Waals surface area (Å²) in [6.07, 6.45) is -3.38. The molecule has 0 radical (unpaired) electrons. The zero-order chi connectivity index (χ0) is 31.9. The third-order valence-electron chi connectivity index (χ3n) is 7.27. The van der Waals surface area contributed by atoms with Crippen molar-refractivity contribution >= 4 is 27.5 Å². The van der Waals surface area contributed by atoms with Gasteiger partial charge in [-0.2, -0.15) is 21.6 Å². The Hall–Kier alpha value is -3.97. The third kappa shape index (κ3) is 8.14. The summed E-state index contributed by atoms with van der Waals surface area (Å²) in [7, 11) is -3.20. The Labute approximate surface area is 255 Å². The number of alkyl halides is 3. The van der Waals surface area contributed by atoms with Crippen LogP contribution in [-0.4, -0.2) is 58.8 Å². The largest absolute Gasteiger partial charge is 0.495 e. The first-order valence-corrected chi connectivity index (χ1v) is 15.7. The van der Waals surface area contributed by atoms with E-state index in [0.29, 0.717) is 48.5 Å².